The summed E-state index contributed by atoms with van der Waals surface area (Å²) in [6, 6.07) is 5.05. The van der Waals surface area contributed by atoms with Gasteiger partial charge >= 0.3 is 0 Å². The number of amides is 1. The Morgan fingerprint density at radius 1 is 1.33 bits per heavy atom. The van der Waals surface area contributed by atoms with Gasteiger partial charge in [0.15, 0.2) is 0 Å². The second kappa shape index (κ2) is 8.25. The van der Waals surface area contributed by atoms with E-state index in [0.29, 0.717) is 29.2 Å². The predicted molar refractivity (Wildman–Crippen MR) is 85.1 cm³/mol. The summed E-state index contributed by atoms with van der Waals surface area (Å²) in [6.45, 7) is 4.24. The van der Waals surface area contributed by atoms with Gasteiger partial charge in [-0.1, -0.05) is 44.4 Å². The van der Waals surface area contributed by atoms with E-state index in [-0.39, 0.29) is 12.5 Å². The smallest absolute Gasteiger partial charge is 0.256 e. The molecular weight excluding hydrogens is 290 g/mol. The van der Waals surface area contributed by atoms with Crippen molar-refractivity contribution < 1.29 is 14.6 Å². The standard InChI is InChI=1S/C16H24ClNO3/c1-4-9-16(20,10-5-2)11-18-15(19)14-12(17)7-6-8-13(14)21-3/h6-8,20H,4-5,9-11H2,1-3H3,(H,18,19). The van der Waals surface area contributed by atoms with Crippen LogP contribution in [-0.4, -0.2) is 30.3 Å². The third-order valence-corrected chi connectivity index (χ3v) is 3.75. The summed E-state index contributed by atoms with van der Waals surface area (Å²) in [5.74, 6) is 0.0950. The lowest BCUT2D eigenvalue weighted by molar-refractivity contribution is 0.0212. The molecule has 0 aromatic heterocycles. The lowest BCUT2D eigenvalue weighted by atomic mass is 9.92. The number of aliphatic hydroxyl groups is 1. The molecule has 1 amide bonds. The van der Waals surface area contributed by atoms with Crippen LogP contribution in [0.3, 0.4) is 0 Å². The molecule has 1 aromatic rings. The second-order valence-electron chi connectivity index (χ2n) is 5.22. The number of carbonyl (C=O) groups excluding carboxylic acids is 1. The Morgan fingerprint density at radius 3 is 2.48 bits per heavy atom. The van der Waals surface area contributed by atoms with Gasteiger partial charge in [-0.15, -0.1) is 0 Å². The first-order valence-corrected chi connectivity index (χ1v) is 7.68. The second-order valence-corrected chi connectivity index (χ2v) is 5.63. The third-order valence-electron chi connectivity index (χ3n) is 3.43. The van der Waals surface area contributed by atoms with Crippen LogP contribution in [0.4, 0.5) is 0 Å². The quantitative estimate of drug-likeness (QED) is 0.773. The van der Waals surface area contributed by atoms with Crippen LogP contribution in [0.2, 0.25) is 5.02 Å². The topological polar surface area (TPSA) is 58.6 Å². The Bertz CT molecular complexity index is 471. The summed E-state index contributed by atoms with van der Waals surface area (Å²) in [6.07, 6.45) is 3.03. The van der Waals surface area contributed by atoms with Crippen LogP contribution in [0, 0.1) is 0 Å². The molecule has 0 saturated carbocycles. The molecule has 0 aliphatic rings. The first-order valence-electron chi connectivity index (χ1n) is 7.30. The number of carbonyl (C=O) groups is 1. The number of ether oxygens (including phenoxy) is 1. The fourth-order valence-corrected chi connectivity index (χ4v) is 2.71. The van der Waals surface area contributed by atoms with E-state index in [1.807, 2.05) is 13.8 Å². The number of halogens is 1. The maximum atomic E-state index is 12.3. The lowest BCUT2D eigenvalue weighted by Crippen LogP contribution is -2.43. The fraction of sp³-hybridized carbons (Fsp3) is 0.562. The molecule has 118 valence electrons. The molecule has 0 fully saturated rings. The van der Waals surface area contributed by atoms with Gasteiger partial charge in [0.1, 0.15) is 5.75 Å². The van der Waals surface area contributed by atoms with Gasteiger partial charge in [-0.05, 0) is 25.0 Å². The van der Waals surface area contributed by atoms with E-state index in [1.165, 1.54) is 7.11 Å². The van der Waals surface area contributed by atoms with Crippen LogP contribution in [-0.2, 0) is 0 Å². The number of methoxy groups -OCH3 is 1. The summed E-state index contributed by atoms with van der Waals surface area (Å²) in [5, 5.41) is 13.6. The summed E-state index contributed by atoms with van der Waals surface area (Å²) >= 11 is 6.07. The highest BCUT2D eigenvalue weighted by Crippen LogP contribution is 2.26. The molecule has 0 aliphatic carbocycles. The van der Waals surface area contributed by atoms with Crippen molar-refractivity contribution in [2.24, 2.45) is 0 Å². The molecule has 0 saturated heterocycles. The first-order chi connectivity index (χ1) is 9.97. The van der Waals surface area contributed by atoms with E-state index < -0.39 is 5.60 Å². The van der Waals surface area contributed by atoms with E-state index in [9.17, 15) is 9.90 Å². The van der Waals surface area contributed by atoms with Gasteiger partial charge in [0, 0.05) is 6.54 Å². The monoisotopic (exact) mass is 313 g/mol. The minimum Gasteiger partial charge on any atom is -0.496 e. The highest BCUT2D eigenvalue weighted by atomic mass is 35.5. The number of benzene rings is 1. The average molecular weight is 314 g/mol. The lowest BCUT2D eigenvalue weighted by Gasteiger charge is -2.28. The van der Waals surface area contributed by atoms with Gasteiger partial charge in [0.25, 0.3) is 5.91 Å². The molecule has 4 nitrogen and oxygen atoms in total. The number of hydrogen-bond acceptors (Lipinski definition) is 3. The Balaban J connectivity index is 2.82. The predicted octanol–water partition coefficient (Wildman–Crippen LogP) is 3.41. The SMILES string of the molecule is CCCC(O)(CCC)CNC(=O)c1c(Cl)cccc1OC. The van der Waals surface area contributed by atoms with Crippen molar-refractivity contribution in [3.63, 3.8) is 0 Å². The number of nitrogens with one attached hydrogen (secondary N) is 1. The highest BCUT2D eigenvalue weighted by molar-refractivity contribution is 6.34. The molecule has 0 spiro atoms. The summed E-state index contributed by atoms with van der Waals surface area (Å²) in [5.41, 5.74) is -0.565. The van der Waals surface area contributed by atoms with Crippen LogP contribution in [0.15, 0.2) is 18.2 Å². The maximum Gasteiger partial charge on any atom is 0.256 e. The average Bonchev–Trinajstić information content (AvgIpc) is 2.45. The van der Waals surface area contributed by atoms with Crippen LogP contribution in [0.25, 0.3) is 0 Å². The molecule has 1 aromatic carbocycles. The molecule has 0 unspecified atom stereocenters. The zero-order valence-electron chi connectivity index (χ0n) is 12.9. The normalized spacial score (nSPS) is 11.3. The Hall–Kier alpha value is -1.26. The highest BCUT2D eigenvalue weighted by Gasteiger charge is 2.26. The van der Waals surface area contributed by atoms with E-state index in [2.05, 4.69) is 5.32 Å². The van der Waals surface area contributed by atoms with E-state index in [1.54, 1.807) is 18.2 Å². The summed E-state index contributed by atoms with van der Waals surface area (Å²) in [7, 11) is 1.49. The van der Waals surface area contributed by atoms with Gasteiger partial charge < -0.3 is 15.2 Å². The molecular formula is C16H24ClNO3. The first kappa shape index (κ1) is 17.8. The van der Waals surface area contributed by atoms with Gasteiger partial charge in [-0.2, -0.15) is 0 Å². The van der Waals surface area contributed by atoms with Crippen molar-refractivity contribution >= 4 is 17.5 Å². The molecule has 2 N–H and O–H groups in total. The van der Waals surface area contributed by atoms with Crippen molar-refractivity contribution in [2.45, 2.75) is 45.1 Å². The van der Waals surface area contributed by atoms with Gasteiger partial charge in [0.05, 0.1) is 23.3 Å². The molecule has 0 atom stereocenters. The Kier molecular flexibility index (Phi) is 6.99. The van der Waals surface area contributed by atoms with Crippen molar-refractivity contribution in [1.29, 1.82) is 0 Å². The summed E-state index contributed by atoms with van der Waals surface area (Å²) in [4.78, 5) is 12.3. The zero-order valence-corrected chi connectivity index (χ0v) is 13.7. The van der Waals surface area contributed by atoms with Crippen molar-refractivity contribution in [1.82, 2.24) is 5.32 Å². The van der Waals surface area contributed by atoms with Gasteiger partial charge in [-0.3, -0.25) is 4.79 Å². The van der Waals surface area contributed by atoms with Crippen molar-refractivity contribution in [3.8, 4) is 5.75 Å². The van der Waals surface area contributed by atoms with Gasteiger partial charge in [0.2, 0.25) is 0 Å². The molecule has 5 heteroatoms. The molecule has 0 radical (unpaired) electrons. The van der Waals surface area contributed by atoms with Gasteiger partial charge in [-0.25, -0.2) is 0 Å². The van der Waals surface area contributed by atoms with Crippen molar-refractivity contribution in [2.75, 3.05) is 13.7 Å². The maximum absolute atomic E-state index is 12.3. The summed E-state index contributed by atoms with van der Waals surface area (Å²) < 4.78 is 5.17. The Morgan fingerprint density at radius 2 is 1.95 bits per heavy atom. The largest absolute Gasteiger partial charge is 0.496 e. The molecule has 1 rings (SSSR count). The van der Waals surface area contributed by atoms with Crippen LogP contribution in [0.1, 0.15) is 49.9 Å². The molecule has 0 bridgehead atoms. The third kappa shape index (κ3) is 4.90. The van der Waals surface area contributed by atoms with Crippen LogP contribution >= 0.6 is 11.6 Å². The molecule has 0 heterocycles. The molecule has 0 aliphatic heterocycles. The van der Waals surface area contributed by atoms with Crippen LogP contribution in [0.5, 0.6) is 5.75 Å². The zero-order chi connectivity index (χ0) is 15.9. The van der Waals surface area contributed by atoms with Crippen molar-refractivity contribution in [3.05, 3.63) is 28.8 Å². The minimum absolute atomic E-state index is 0.210. The van der Waals surface area contributed by atoms with E-state index in [0.717, 1.165) is 12.8 Å². The van der Waals surface area contributed by atoms with E-state index in [4.69, 9.17) is 16.3 Å². The van der Waals surface area contributed by atoms with Crippen LogP contribution < -0.4 is 10.1 Å². The Labute approximate surface area is 131 Å². The minimum atomic E-state index is -0.867. The fourth-order valence-electron chi connectivity index (χ4n) is 2.46. The number of rotatable bonds is 8. The molecule has 21 heavy (non-hydrogen) atoms. The van der Waals surface area contributed by atoms with E-state index >= 15 is 0 Å². The number of hydrogen-bond donors (Lipinski definition) is 2.